The molecule has 0 bridgehead atoms. The summed E-state index contributed by atoms with van der Waals surface area (Å²) in [7, 11) is 1.31. The van der Waals surface area contributed by atoms with Crippen LogP contribution in [0.15, 0.2) is 18.2 Å². The molecule has 2 atom stereocenters. The third-order valence-corrected chi connectivity index (χ3v) is 3.28. The number of carbonyl (C=O) groups is 2. The Bertz CT molecular complexity index is 407. The number of amides is 1. The van der Waals surface area contributed by atoms with Gasteiger partial charge in [-0.3, -0.25) is 4.79 Å². The maximum atomic E-state index is 11.1. The number of esters is 1. The molecule has 4 heteroatoms. The maximum absolute atomic E-state index is 11.1. The Kier molecular flexibility index (Phi) is 9.10. The van der Waals surface area contributed by atoms with Gasteiger partial charge in [0.25, 0.3) is 0 Å². The number of carbonyl (C=O) groups excluding carboxylic acids is 2. The Morgan fingerprint density at radius 3 is 1.90 bits per heavy atom. The van der Waals surface area contributed by atoms with Gasteiger partial charge in [0.1, 0.15) is 6.04 Å². The predicted molar refractivity (Wildman–Crippen MR) is 85.1 cm³/mol. The van der Waals surface area contributed by atoms with Gasteiger partial charge in [0.05, 0.1) is 7.11 Å². The van der Waals surface area contributed by atoms with Crippen LogP contribution in [0.3, 0.4) is 0 Å². The van der Waals surface area contributed by atoms with Gasteiger partial charge < -0.3 is 10.1 Å². The van der Waals surface area contributed by atoms with Gasteiger partial charge in [-0.25, -0.2) is 4.79 Å². The smallest absolute Gasteiger partial charge is 0.328 e. The summed E-state index contributed by atoms with van der Waals surface area (Å²) in [5.74, 6) is -0.293. The second-order valence-electron chi connectivity index (χ2n) is 5.34. The molecule has 1 aromatic carbocycles. The minimum absolute atomic E-state index is 0.0997. The number of aryl methyl sites for hydroxylation is 3. The summed E-state index contributed by atoms with van der Waals surface area (Å²) in [5.41, 5.74) is 4.06. The van der Waals surface area contributed by atoms with Gasteiger partial charge in [-0.05, 0) is 26.7 Å². The van der Waals surface area contributed by atoms with Gasteiger partial charge in [-0.2, -0.15) is 0 Å². The first-order chi connectivity index (χ1) is 9.85. The van der Waals surface area contributed by atoms with Crippen molar-refractivity contribution < 1.29 is 14.3 Å². The fraction of sp³-hybridized carbons (Fsp3) is 0.529. The van der Waals surface area contributed by atoms with Crippen molar-refractivity contribution in [1.82, 2.24) is 5.32 Å². The van der Waals surface area contributed by atoms with Crippen molar-refractivity contribution in [2.75, 3.05) is 7.11 Å². The number of methoxy groups -OCH3 is 1. The third kappa shape index (κ3) is 7.49. The zero-order chi connectivity index (χ0) is 16.4. The lowest BCUT2D eigenvalue weighted by Gasteiger charge is -2.19. The highest BCUT2D eigenvalue weighted by Gasteiger charge is 2.23. The number of nitrogens with one attached hydrogen (secondary N) is 1. The van der Waals surface area contributed by atoms with Crippen LogP contribution in [0.4, 0.5) is 0 Å². The van der Waals surface area contributed by atoms with E-state index in [9.17, 15) is 9.59 Å². The van der Waals surface area contributed by atoms with Crippen molar-refractivity contribution in [2.24, 2.45) is 5.92 Å². The van der Waals surface area contributed by atoms with Crippen molar-refractivity contribution in [3.8, 4) is 0 Å². The fourth-order valence-electron chi connectivity index (χ4n) is 2.10. The van der Waals surface area contributed by atoms with E-state index in [0.29, 0.717) is 6.41 Å². The van der Waals surface area contributed by atoms with Crippen LogP contribution < -0.4 is 5.32 Å². The second-order valence-corrected chi connectivity index (χ2v) is 5.34. The van der Waals surface area contributed by atoms with E-state index in [-0.39, 0.29) is 5.92 Å². The van der Waals surface area contributed by atoms with Crippen molar-refractivity contribution in [2.45, 2.75) is 47.1 Å². The van der Waals surface area contributed by atoms with Gasteiger partial charge in [0.2, 0.25) is 6.41 Å². The van der Waals surface area contributed by atoms with Crippen LogP contribution in [0, 0.1) is 26.7 Å². The minimum Gasteiger partial charge on any atom is -0.467 e. The molecule has 1 aromatic rings. The molecule has 1 rings (SSSR count). The van der Waals surface area contributed by atoms with Crippen LogP contribution in [-0.4, -0.2) is 25.5 Å². The summed E-state index contributed by atoms with van der Waals surface area (Å²) in [6, 6.07) is 6.05. The first kappa shape index (κ1) is 19.2. The van der Waals surface area contributed by atoms with Crippen molar-refractivity contribution in [1.29, 1.82) is 0 Å². The number of ether oxygens (including phenoxy) is 1. The molecule has 1 amide bonds. The summed E-state index contributed by atoms with van der Waals surface area (Å²) in [5, 5.41) is 2.43. The summed E-state index contributed by atoms with van der Waals surface area (Å²) in [6.07, 6.45) is 1.34. The molecule has 0 spiro atoms. The van der Waals surface area contributed by atoms with Crippen LogP contribution >= 0.6 is 0 Å². The van der Waals surface area contributed by atoms with E-state index >= 15 is 0 Å². The molecule has 4 nitrogen and oxygen atoms in total. The zero-order valence-corrected chi connectivity index (χ0v) is 13.9. The summed E-state index contributed by atoms with van der Waals surface area (Å²) < 4.78 is 4.53. The van der Waals surface area contributed by atoms with Gasteiger partial charge in [-0.1, -0.05) is 55.2 Å². The Balaban J connectivity index is 0.000000394. The molecule has 0 radical (unpaired) electrons. The molecule has 0 aliphatic carbocycles. The number of benzene rings is 1. The molecule has 0 fully saturated rings. The van der Waals surface area contributed by atoms with Gasteiger partial charge in [0, 0.05) is 0 Å². The maximum Gasteiger partial charge on any atom is 0.328 e. The number of hydrogen-bond acceptors (Lipinski definition) is 3. The molecule has 0 saturated heterocycles. The minimum atomic E-state index is -0.516. The fourth-order valence-corrected chi connectivity index (χ4v) is 2.10. The summed E-state index contributed by atoms with van der Waals surface area (Å²) in [4.78, 5) is 21.2. The molecular formula is C17H27NO3. The van der Waals surface area contributed by atoms with Crippen molar-refractivity contribution in [3.63, 3.8) is 0 Å². The average molecular weight is 293 g/mol. The summed E-state index contributed by atoms with van der Waals surface area (Å²) >= 11 is 0. The SMILES string of the molecule is CC[C@H](C)C(NC=O)C(=O)OC.Cc1cc(C)cc(C)c1. The summed E-state index contributed by atoms with van der Waals surface area (Å²) in [6.45, 7) is 10.2. The predicted octanol–water partition coefficient (Wildman–Crippen LogP) is 2.93. The number of hydrogen-bond donors (Lipinski definition) is 1. The standard InChI is InChI=1S/C9H12.C8H15NO3/c1-7-4-8(2)6-9(3)5-7;1-4-6(2)7(9-5-10)8(11)12-3/h4-6H,1-3H3;5-7H,4H2,1-3H3,(H,9,10)/t;6-,7?/m.0/s1. The van der Waals surface area contributed by atoms with Gasteiger partial charge in [-0.15, -0.1) is 0 Å². The van der Waals surface area contributed by atoms with Crippen LogP contribution in [0.5, 0.6) is 0 Å². The normalized spacial score (nSPS) is 12.5. The Labute approximate surface area is 127 Å². The topological polar surface area (TPSA) is 55.4 Å². The highest BCUT2D eigenvalue weighted by Crippen LogP contribution is 2.08. The molecule has 0 heterocycles. The molecule has 0 saturated carbocycles. The van der Waals surface area contributed by atoms with Gasteiger partial charge >= 0.3 is 5.97 Å². The van der Waals surface area contributed by atoms with Crippen molar-refractivity contribution in [3.05, 3.63) is 34.9 Å². The molecule has 1 unspecified atom stereocenters. The monoisotopic (exact) mass is 293 g/mol. The van der Waals surface area contributed by atoms with Crippen LogP contribution in [0.2, 0.25) is 0 Å². The molecule has 1 N–H and O–H groups in total. The van der Waals surface area contributed by atoms with Gasteiger partial charge in [0.15, 0.2) is 0 Å². The first-order valence-corrected chi connectivity index (χ1v) is 7.18. The third-order valence-electron chi connectivity index (χ3n) is 3.28. The van der Waals surface area contributed by atoms with E-state index in [1.165, 1.54) is 23.8 Å². The second kappa shape index (κ2) is 9.97. The van der Waals surface area contributed by atoms with E-state index in [0.717, 1.165) is 6.42 Å². The number of rotatable bonds is 5. The lowest BCUT2D eigenvalue weighted by Crippen LogP contribution is -2.41. The molecule has 0 aliphatic rings. The zero-order valence-electron chi connectivity index (χ0n) is 13.9. The highest BCUT2D eigenvalue weighted by molar-refractivity contribution is 5.78. The van der Waals surface area contributed by atoms with Crippen LogP contribution in [0.25, 0.3) is 0 Å². The van der Waals surface area contributed by atoms with Crippen LogP contribution in [-0.2, 0) is 14.3 Å². The van der Waals surface area contributed by atoms with E-state index in [2.05, 4.69) is 49.0 Å². The lowest BCUT2D eigenvalue weighted by molar-refractivity contribution is -0.145. The molecule has 0 aromatic heterocycles. The largest absolute Gasteiger partial charge is 0.467 e. The molecular weight excluding hydrogens is 266 g/mol. The highest BCUT2D eigenvalue weighted by atomic mass is 16.5. The average Bonchev–Trinajstić information content (AvgIpc) is 2.42. The Morgan fingerprint density at radius 2 is 1.62 bits per heavy atom. The van der Waals surface area contributed by atoms with E-state index in [1.807, 2.05) is 13.8 Å². The van der Waals surface area contributed by atoms with E-state index in [1.54, 1.807) is 0 Å². The first-order valence-electron chi connectivity index (χ1n) is 7.18. The van der Waals surface area contributed by atoms with E-state index < -0.39 is 12.0 Å². The molecule has 118 valence electrons. The van der Waals surface area contributed by atoms with E-state index in [4.69, 9.17) is 0 Å². The quantitative estimate of drug-likeness (QED) is 0.671. The van der Waals surface area contributed by atoms with Crippen LogP contribution in [0.1, 0.15) is 37.0 Å². The molecule has 0 aliphatic heterocycles. The Hall–Kier alpha value is -1.84. The lowest BCUT2D eigenvalue weighted by atomic mass is 10.00. The van der Waals surface area contributed by atoms with Crippen molar-refractivity contribution >= 4 is 12.4 Å². The Morgan fingerprint density at radius 1 is 1.19 bits per heavy atom. The molecule has 21 heavy (non-hydrogen) atoms.